The second-order valence-electron chi connectivity index (χ2n) is 5.89. The van der Waals surface area contributed by atoms with Crippen LogP contribution in [0.5, 0.6) is 5.75 Å². The summed E-state index contributed by atoms with van der Waals surface area (Å²) in [6.45, 7) is 3.98. The number of aromatic nitrogens is 3. The number of benzene rings is 1. The van der Waals surface area contributed by atoms with E-state index in [4.69, 9.17) is 10.5 Å². The van der Waals surface area contributed by atoms with E-state index in [1.54, 1.807) is 12.4 Å². The number of H-pyrrole nitrogens is 1. The molecule has 24 heavy (non-hydrogen) atoms. The van der Waals surface area contributed by atoms with E-state index in [9.17, 15) is 4.79 Å². The zero-order chi connectivity index (χ0) is 17.1. The molecule has 0 aliphatic rings. The molecule has 0 aliphatic heterocycles. The normalized spacial score (nSPS) is 11.1. The fraction of sp³-hybridized carbons (Fsp3) is 0.278. The number of fused-ring (bicyclic) bond motifs is 1. The molecule has 3 rings (SSSR count). The lowest BCUT2D eigenvalue weighted by Gasteiger charge is -2.10. The summed E-state index contributed by atoms with van der Waals surface area (Å²) in [6.07, 6.45) is 4.20. The van der Waals surface area contributed by atoms with Crippen molar-refractivity contribution in [2.24, 2.45) is 5.73 Å². The number of hydrogen-bond donors (Lipinski definition) is 2. The minimum absolute atomic E-state index is 0.128. The molecule has 0 saturated heterocycles. The molecule has 2 heterocycles. The Balaban J connectivity index is 2.01. The first-order valence-corrected chi connectivity index (χ1v) is 7.91. The lowest BCUT2D eigenvalue weighted by Crippen LogP contribution is -2.11. The lowest BCUT2D eigenvalue weighted by molar-refractivity contribution is -0.117. The van der Waals surface area contributed by atoms with Gasteiger partial charge in [-0.25, -0.2) is 4.98 Å². The zero-order valence-corrected chi connectivity index (χ0v) is 13.7. The van der Waals surface area contributed by atoms with Crippen LogP contribution in [0.25, 0.3) is 22.4 Å². The smallest absolute Gasteiger partial charge is 0.217 e. The van der Waals surface area contributed by atoms with E-state index in [2.05, 4.69) is 15.0 Å². The molecular formula is C18H20N4O2. The van der Waals surface area contributed by atoms with Gasteiger partial charge in [0.25, 0.3) is 0 Å². The van der Waals surface area contributed by atoms with Crippen molar-refractivity contribution in [1.82, 2.24) is 15.0 Å². The summed E-state index contributed by atoms with van der Waals surface area (Å²) in [7, 11) is 0. The van der Waals surface area contributed by atoms with E-state index in [0.717, 1.165) is 28.1 Å². The fourth-order valence-electron chi connectivity index (χ4n) is 2.67. The van der Waals surface area contributed by atoms with Crippen LogP contribution in [-0.2, 0) is 11.2 Å². The monoisotopic (exact) mass is 324 g/mol. The maximum absolute atomic E-state index is 11.2. The molecule has 0 fully saturated rings. The Labute approximate surface area is 140 Å². The van der Waals surface area contributed by atoms with Crippen LogP contribution in [0.15, 0.2) is 36.7 Å². The van der Waals surface area contributed by atoms with Gasteiger partial charge in [-0.05, 0) is 50.1 Å². The summed E-state index contributed by atoms with van der Waals surface area (Å²) in [6, 6.07) is 7.82. The molecule has 0 spiro atoms. The second kappa shape index (κ2) is 6.70. The van der Waals surface area contributed by atoms with Gasteiger partial charge in [0, 0.05) is 24.4 Å². The fourth-order valence-corrected chi connectivity index (χ4v) is 2.67. The molecule has 1 aromatic carbocycles. The summed E-state index contributed by atoms with van der Waals surface area (Å²) in [5.41, 5.74) is 9.64. The van der Waals surface area contributed by atoms with E-state index >= 15 is 0 Å². The van der Waals surface area contributed by atoms with Crippen molar-refractivity contribution < 1.29 is 9.53 Å². The zero-order valence-electron chi connectivity index (χ0n) is 13.7. The Bertz CT molecular complexity index is 853. The van der Waals surface area contributed by atoms with Gasteiger partial charge in [-0.1, -0.05) is 0 Å². The summed E-state index contributed by atoms with van der Waals surface area (Å²) < 4.78 is 5.68. The lowest BCUT2D eigenvalue weighted by atomic mass is 10.0. The molecule has 6 heteroatoms. The number of rotatable bonds is 6. The van der Waals surface area contributed by atoms with Crippen LogP contribution in [0.4, 0.5) is 0 Å². The largest absolute Gasteiger partial charge is 0.491 e. The van der Waals surface area contributed by atoms with Gasteiger partial charge < -0.3 is 15.5 Å². The first-order valence-electron chi connectivity index (χ1n) is 7.91. The minimum atomic E-state index is -0.333. The number of primary amides is 1. The van der Waals surface area contributed by atoms with Crippen molar-refractivity contribution in [3.8, 4) is 17.0 Å². The van der Waals surface area contributed by atoms with Crippen LogP contribution >= 0.6 is 0 Å². The maximum Gasteiger partial charge on any atom is 0.217 e. The molecule has 3 aromatic rings. The van der Waals surface area contributed by atoms with E-state index in [1.807, 2.05) is 38.1 Å². The van der Waals surface area contributed by atoms with Crippen LogP contribution in [0.3, 0.4) is 0 Å². The average molecular weight is 324 g/mol. The number of nitrogens with zero attached hydrogens (tertiary/aromatic N) is 2. The van der Waals surface area contributed by atoms with Crippen LogP contribution < -0.4 is 10.5 Å². The van der Waals surface area contributed by atoms with Crippen molar-refractivity contribution in [2.45, 2.75) is 32.8 Å². The van der Waals surface area contributed by atoms with E-state index in [-0.39, 0.29) is 18.4 Å². The number of carbonyl (C=O) groups is 1. The van der Waals surface area contributed by atoms with Crippen molar-refractivity contribution in [3.05, 3.63) is 42.2 Å². The highest BCUT2D eigenvalue weighted by molar-refractivity contribution is 5.86. The number of nitrogens with one attached hydrogen (secondary N) is 1. The molecule has 0 aliphatic carbocycles. The highest BCUT2D eigenvalue weighted by Gasteiger charge is 2.15. The van der Waals surface area contributed by atoms with Crippen molar-refractivity contribution >= 4 is 17.1 Å². The molecule has 0 bridgehead atoms. The van der Waals surface area contributed by atoms with Crippen molar-refractivity contribution in [1.29, 1.82) is 0 Å². The average Bonchev–Trinajstić information content (AvgIpc) is 2.91. The topological polar surface area (TPSA) is 93.9 Å². The first-order chi connectivity index (χ1) is 11.5. The van der Waals surface area contributed by atoms with Crippen LogP contribution in [0, 0.1) is 0 Å². The highest BCUT2D eigenvalue weighted by Crippen LogP contribution is 2.30. The summed E-state index contributed by atoms with van der Waals surface area (Å²) >= 11 is 0. The van der Waals surface area contributed by atoms with Gasteiger partial charge in [0.05, 0.1) is 11.8 Å². The Kier molecular flexibility index (Phi) is 4.46. The standard InChI is InChI=1S/C18H20N4O2/c1-11(2)24-13-5-3-12(4-6-13)16-14(7-8-15(19)23)17-18(22-16)21-10-9-20-17/h3-6,9-11H,7-8H2,1-2H3,(H2,19,23)(H,21,22). The number of aromatic amines is 1. The van der Waals surface area contributed by atoms with Gasteiger partial charge >= 0.3 is 0 Å². The van der Waals surface area contributed by atoms with Crippen molar-refractivity contribution in [2.75, 3.05) is 0 Å². The maximum atomic E-state index is 11.2. The number of nitrogens with two attached hydrogens (primary N) is 1. The summed E-state index contributed by atoms with van der Waals surface area (Å²) in [5, 5.41) is 0. The van der Waals surface area contributed by atoms with Gasteiger partial charge in [-0.2, -0.15) is 0 Å². The number of hydrogen-bond acceptors (Lipinski definition) is 4. The number of aryl methyl sites for hydroxylation is 1. The third kappa shape index (κ3) is 3.37. The molecule has 0 saturated carbocycles. The number of carbonyl (C=O) groups excluding carboxylic acids is 1. The van der Waals surface area contributed by atoms with Gasteiger partial charge in [0.2, 0.25) is 5.91 Å². The summed E-state index contributed by atoms with van der Waals surface area (Å²) in [4.78, 5) is 23.2. The Morgan fingerprint density at radius 3 is 2.58 bits per heavy atom. The molecule has 0 radical (unpaired) electrons. The minimum Gasteiger partial charge on any atom is -0.491 e. The SMILES string of the molecule is CC(C)Oc1ccc(-c2[nH]c3nccnc3c2CCC(N)=O)cc1. The van der Waals surface area contributed by atoms with Gasteiger partial charge in [0.15, 0.2) is 5.65 Å². The third-order valence-corrected chi connectivity index (χ3v) is 3.67. The van der Waals surface area contributed by atoms with E-state index in [0.29, 0.717) is 12.1 Å². The van der Waals surface area contributed by atoms with Gasteiger partial charge in [0.1, 0.15) is 11.3 Å². The number of amides is 1. The third-order valence-electron chi connectivity index (χ3n) is 3.67. The van der Waals surface area contributed by atoms with E-state index in [1.165, 1.54) is 0 Å². The van der Waals surface area contributed by atoms with Crippen LogP contribution in [0.1, 0.15) is 25.8 Å². The molecule has 6 nitrogen and oxygen atoms in total. The Hall–Kier alpha value is -2.89. The van der Waals surface area contributed by atoms with E-state index < -0.39 is 0 Å². The quantitative estimate of drug-likeness (QED) is 0.729. The molecule has 2 aromatic heterocycles. The predicted molar refractivity (Wildman–Crippen MR) is 92.6 cm³/mol. The Morgan fingerprint density at radius 2 is 1.92 bits per heavy atom. The molecule has 3 N–H and O–H groups in total. The van der Waals surface area contributed by atoms with Gasteiger partial charge in [-0.3, -0.25) is 9.78 Å². The predicted octanol–water partition coefficient (Wildman–Crippen LogP) is 2.83. The molecule has 124 valence electrons. The molecule has 1 amide bonds. The van der Waals surface area contributed by atoms with Gasteiger partial charge in [-0.15, -0.1) is 0 Å². The van der Waals surface area contributed by atoms with Crippen LogP contribution in [-0.4, -0.2) is 27.0 Å². The van der Waals surface area contributed by atoms with Crippen molar-refractivity contribution in [3.63, 3.8) is 0 Å². The second-order valence-corrected chi connectivity index (χ2v) is 5.89. The molecule has 0 unspecified atom stereocenters. The molecule has 0 atom stereocenters. The van der Waals surface area contributed by atoms with Crippen LogP contribution in [0.2, 0.25) is 0 Å². The highest BCUT2D eigenvalue weighted by atomic mass is 16.5. The molecular weight excluding hydrogens is 304 g/mol. The Morgan fingerprint density at radius 1 is 1.21 bits per heavy atom. The summed E-state index contributed by atoms with van der Waals surface area (Å²) in [5.74, 6) is 0.486. The number of ether oxygens (including phenoxy) is 1. The first kappa shape index (κ1) is 16.0.